The fraction of sp³-hybridized carbons (Fsp3) is 0.0500. The van der Waals surface area contributed by atoms with Crippen LogP contribution in [0.4, 0.5) is 16.2 Å². The van der Waals surface area contributed by atoms with E-state index in [1.807, 2.05) is 18.2 Å². The second kappa shape index (κ2) is 7.67. The number of methoxy groups -OCH3 is 1. The highest BCUT2D eigenvalue weighted by Crippen LogP contribution is 2.26. The van der Waals surface area contributed by atoms with Crippen LogP contribution in [-0.4, -0.2) is 23.3 Å². The Kier molecular flexibility index (Phi) is 4.75. The number of urea groups is 1. The van der Waals surface area contributed by atoms with E-state index in [2.05, 4.69) is 20.8 Å². The van der Waals surface area contributed by atoms with Crippen molar-refractivity contribution in [3.63, 3.8) is 0 Å². The Morgan fingerprint density at radius 2 is 1.82 bits per heavy atom. The number of ether oxygens (including phenoxy) is 1. The zero-order valence-corrected chi connectivity index (χ0v) is 14.9. The summed E-state index contributed by atoms with van der Waals surface area (Å²) in [6, 6.07) is 17.3. The van der Waals surface area contributed by atoms with Gasteiger partial charge in [0.15, 0.2) is 5.76 Å². The first kappa shape index (κ1) is 17.3. The largest absolute Gasteiger partial charge is 0.495 e. The third kappa shape index (κ3) is 3.70. The lowest BCUT2D eigenvalue weighted by molar-refractivity contribution is 0.262. The molecule has 4 rings (SSSR count). The van der Waals surface area contributed by atoms with Gasteiger partial charge in [-0.2, -0.15) is 0 Å². The zero-order chi connectivity index (χ0) is 19.3. The van der Waals surface area contributed by atoms with Gasteiger partial charge in [-0.3, -0.25) is 0 Å². The molecule has 140 valence electrons. The molecule has 0 atom stereocenters. The Bertz CT molecular complexity index is 1090. The number of anilines is 2. The van der Waals surface area contributed by atoms with Crippen molar-refractivity contribution in [1.29, 1.82) is 0 Å². The molecule has 0 fully saturated rings. The van der Waals surface area contributed by atoms with Crippen molar-refractivity contribution in [2.75, 3.05) is 17.7 Å². The molecule has 8 nitrogen and oxygen atoms in total. The van der Waals surface area contributed by atoms with Crippen LogP contribution in [0.15, 0.2) is 75.8 Å². The normalized spacial score (nSPS) is 10.5. The monoisotopic (exact) mass is 376 g/mol. The van der Waals surface area contributed by atoms with Crippen LogP contribution < -0.4 is 15.4 Å². The fourth-order valence-electron chi connectivity index (χ4n) is 2.60. The van der Waals surface area contributed by atoms with Gasteiger partial charge >= 0.3 is 6.03 Å². The minimum atomic E-state index is -0.400. The van der Waals surface area contributed by atoms with E-state index in [4.69, 9.17) is 13.6 Å². The summed E-state index contributed by atoms with van der Waals surface area (Å²) in [7, 11) is 1.54. The van der Waals surface area contributed by atoms with Crippen molar-refractivity contribution < 1.29 is 18.4 Å². The van der Waals surface area contributed by atoms with Crippen LogP contribution in [0.3, 0.4) is 0 Å². The van der Waals surface area contributed by atoms with E-state index in [1.165, 1.54) is 6.26 Å². The van der Waals surface area contributed by atoms with Gasteiger partial charge in [-0.15, -0.1) is 10.2 Å². The average molecular weight is 376 g/mol. The maximum atomic E-state index is 12.3. The Morgan fingerprint density at radius 3 is 2.64 bits per heavy atom. The Labute approximate surface area is 160 Å². The smallest absolute Gasteiger partial charge is 0.323 e. The third-order valence-corrected chi connectivity index (χ3v) is 3.88. The summed E-state index contributed by atoms with van der Waals surface area (Å²) in [6.07, 6.45) is 1.53. The molecule has 2 heterocycles. The van der Waals surface area contributed by atoms with E-state index in [0.717, 1.165) is 0 Å². The molecule has 2 aromatic carbocycles. The number of amides is 2. The van der Waals surface area contributed by atoms with Gasteiger partial charge in [0, 0.05) is 11.3 Å². The van der Waals surface area contributed by atoms with Crippen molar-refractivity contribution in [1.82, 2.24) is 10.2 Å². The van der Waals surface area contributed by atoms with Crippen molar-refractivity contribution in [2.45, 2.75) is 0 Å². The van der Waals surface area contributed by atoms with Gasteiger partial charge in [-0.05, 0) is 42.5 Å². The molecule has 0 bridgehead atoms. The number of aromatic nitrogens is 2. The van der Waals surface area contributed by atoms with Gasteiger partial charge in [0.05, 0.1) is 19.1 Å². The van der Waals surface area contributed by atoms with Gasteiger partial charge in [0.1, 0.15) is 5.75 Å². The summed E-state index contributed by atoms with van der Waals surface area (Å²) in [5, 5.41) is 13.5. The summed E-state index contributed by atoms with van der Waals surface area (Å²) in [6.45, 7) is 0. The molecule has 2 amide bonds. The molecule has 28 heavy (non-hydrogen) atoms. The zero-order valence-electron chi connectivity index (χ0n) is 14.9. The van der Waals surface area contributed by atoms with Crippen LogP contribution in [-0.2, 0) is 0 Å². The third-order valence-electron chi connectivity index (χ3n) is 3.88. The quantitative estimate of drug-likeness (QED) is 0.526. The highest BCUT2D eigenvalue weighted by Gasteiger charge is 2.13. The molecule has 0 aliphatic carbocycles. The minimum Gasteiger partial charge on any atom is -0.495 e. The highest BCUT2D eigenvalue weighted by molar-refractivity contribution is 6.00. The number of para-hydroxylation sites is 2. The van der Waals surface area contributed by atoms with Gasteiger partial charge < -0.3 is 24.2 Å². The Morgan fingerprint density at radius 1 is 0.964 bits per heavy atom. The lowest BCUT2D eigenvalue weighted by Crippen LogP contribution is -2.19. The maximum Gasteiger partial charge on any atom is 0.323 e. The molecule has 0 aliphatic heterocycles. The van der Waals surface area contributed by atoms with Gasteiger partial charge in [0.2, 0.25) is 5.89 Å². The number of carbonyl (C=O) groups is 1. The Balaban J connectivity index is 1.49. The van der Waals surface area contributed by atoms with E-state index in [0.29, 0.717) is 34.3 Å². The predicted octanol–water partition coefficient (Wildman–Crippen LogP) is 4.65. The van der Waals surface area contributed by atoms with Crippen LogP contribution in [0.2, 0.25) is 0 Å². The number of furan rings is 1. The van der Waals surface area contributed by atoms with Crippen LogP contribution in [0.1, 0.15) is 0 Å². The van der Waals surface area contributed by atoms with E-state index in [1.54, 1.807) is 49.6 Å². The number of carbonyl (C=O) groups excluding carboxylic acids is 1. The molecule has 0 radical (unpaired) electrons. The first-order chi connectivity index (χ1) is 13.7. The number of rotatable bonds is 5. The topological polar surface area (TPSA) is 102 Å². The number of nitrogens with zero attached hydrogens (tertiary/aromatic N) is 2. The van der Waals surface area contributed by atoms with E-state index in [9.17, 15) is 4.79 Å². The molecule has 0 saturated heterocycles. The summed E-state index contributed by atoms with van der Waals surface area (Å²) in [5.74, 6) is 1.67. The standard InChI is InChI=1S/C20H16N4O4/c1-26-16-9-3-2-8-15(16)22-20(25)21-14-7-4-6-13(12-14)18-23-24-19(28-18)17-10-5-11-27-17/h2-12H,1H3,(H2,21,22,25). The molecule has 2 N–H and O–H groups in total. The summed E-state index contributed by atoms with van der Waals surface area (Å²) < 4.78 is 16.1. The summed E-state index contributed by atoms with van der Waals surface area (Å²) in [4.78, 5) is 12.3. The van der Waals surface area contributed by atoms with E-state index >= 15 is 0 Å². The molecule has 8 heteroatoms. The second-order valence-electron chi connectivity index (χ2n) is 5.75. The number of hydrogen-bond acceptors (Lipinski definition) is 6. The van der Waals surface area contributed by atoms with Crippen LogP contribution >= 0.6 is 0 Å². The van der Waals surface area contributed by atoms with Crippen LogP contribution in [0.5, 0.6) is 5.75 Å². The SMILES string of the molecule is COc1ccccc1NC(=O)Nc1cccc(-c2nnc(-c3ccco3)o2)c1. The predicted molar refractivity (Wildman–Crippen MR) is 103 cm³/mol. The molecule has 0 spiro atoms. The number of benzene rings is 2. The van der Waals surface area contributed by atoms with E-state index < -0.39 is 6.03 Å². The molecule has 4 aromatic rings. The lowest BCUT2D eigenvalue weighted by Gasteiger charge is -2.11. The van der Waals surface area contributed by atoms with Gasteiger partial charge in [-0.1, -0.05) is 18.2 Å². The van der Waals surface area contributed by atoms with E-state index in [-0.39, 0.29) is 5.89 Å². The minimum absolute atomic E-state index is 0.285. The number of nitrogens with one attached hydrogen (secondary N) is 2. The van der Waals surface area contributed by atoms with Crippen molar-refractivity contribution in [3.8, 4) is 28.9 Å². The van der Waals surface area contributed by atoms with Crippen molar-refractivity contribution in [3.05, 3.63) is 66.9 Å². The molecule has 0 saturated carbocycles. The maximum absolute atomic E-state index is 12.3. The number of hydrogen-bond donors (Lipinski definition) is 2. The lowest BCUT2D eigenvalue weighted by atomic mass is 10.2. The molecule has 2 aromatic heterocycles. The summed E-state index contributed by atoms with van der Waals surface area (Å²) >= 11 is 0. The van der Waals surface area contributed by atoms with Crippen LogP contribution in [0.25, 0.3) is 23.1 Å². The molecular weight excluding hydrogens is 360 g/mol. The molecule has 0 aliphatic rings. The first-order valence-electron chi connectivity index (χ1n) is 8.42. The Hall–Kier alpha value is -4.07. The van der Waals surface area contributed by atoms with Gasteiger partial charge in [0.25, 0.3) is 5.89 Å². The molecule has 0 unspecified atom stereocenters. The summed E-state index contributed by atoms with van der Waals surface area (Å²) in [5.41, 5.74) is 1.81. The van der Waals surface area contributed by atoms with Gasteiger partial charge in [-0.25, -0.2) is 4.79 Å². The first-order valence-corrected chi connectivity index (χ1v) is 8.42. The van der Waals surface area contributed by atoms with Crippen molar-refractivity contribution in [2.24, 2.45) is 0 Å². The average Bonchev–Trinajstić information content (AvgIpc) is 3.40. The van der Waals surface area contributed by atoms with Crippen molar-refractivity contribution >= 4 is 17.4 Å². The second-order valence-corrected chi connectivity index (χ2v) is 5.75. The fourth-order valence-corrected chi connectivity index (χ4v) is 2.60. The molecular formula is C20H16N4O4. The highest BCUT2D eigenvalue weighted by atomic mass is 16.5. The van der Waals surface area contributed by atoms with Crippen LogP contribution in [0, 0.1) is 0 Å².